The predicted octanol–water partition coefficient (Wildman–Crippen LogP) is 2.90. The van der Waals surface area contributed by atoms with Gasteiger partial charge in [-0.25, -0.2) is 0 Å². The van der Waals surface area contributed by atoms with Crippen molar-refractivity contribution in [1.82, 2.24) is 9.80 Å². The molecule has 0 unspecified atom stereocenters. The lowest BCUT2D eigenvalue weighted by Gasteiger charge is -2.61. The third kappa shape index (κ3) is 2.07. The lowest BCUT2D eigenvalue weighted by atomic mass is 9.52. The fourth-order valence-electron chi connectivity index (χ4n) is 6.77. The smallest absolute Gasteiger partial charge is 0.225 e. The van der Waals surface area contributed by atoms with Crippen molar-refractivity contribution in [2.24, 2.45) is 23.7 Å². The van der Waals surface area contributed by atoms with Crippen molar-refractivity contribution >= 4 is 5.91 Å². The summed E-state index contributed by atoms with van der Waals surface area (Å²) in [4.78, 5) is 17.4. The number of carbonyl (C=O) groups is 1. The third-order valence-corrected chi connectivity index (χ3v) is 7.72. The SMILES string of the molecule is O=C(C1CCC1)N1CCN(C23CC4CC(CC(C4)C2)C3)CC1. The van der Waals surface area contributed by atoms with E-state index in [4.69, 9.17) is 0 Å². The van der Waals surface area contributed by atoms with E-state index in [0.29, 0.717) is 17.4 Å². The number of hydrogen-bond acceptors (Lipinski definition) is 2. The third-order valence-electron chi connectivity index (χ3n) is 7.72. The Kier molecular flexibility index (Phi) is 3.12. The zero-order chi connectivity index (χ0) is 14.7. The van der Waals surface area contributed by atoms with Crippen LogP contribution in [0.2, 0.25) is 0 Å². The van der Waals surface area contributed by atoms with Gasteiger partial charge in [0.1, 0.15) is 0 Å². The van der Waals surface area contributed by atoms with Crippen LogP contribution in [0.5, 0.6) is 0 Å². The summed E-state index contributed by atoms with van der Waals surface area (Å²) in [6.07, 6.45) is 12.5. The maximum absolute atomic E-state index is 12.4. The number of nitrogens with zero attached hydrogens (tertiary/aromatic N) is 2. The van der Waals surface area contributed by atoms with Gasteiger partial charge >= 0.3 is 0 Å². The maximum atomic E-state index is 12.4. The molecular weight excluding hydrogens is 272 g/mol. The van der Waals surface area contributed by atoms with Gasteiger partial charge in [-0.05, 0) is 69.1 Å². The topological polar surface area (TPSA) is 23.6 Å². The first-order valence-corrected chi connectivity index (χ1v) is 9.76. The van der Waals surface area contributed by atoms with Gasteiger partial charge in [0.25, 0.3) is 0 Å². The first-order chi connectivity index (χ1) is 10.7. The lowest BCUT2D eigenvalue weighted by molar-refractivity contribution is -0.144. The van der Waals surface area contributed by atoms with E-state index in [1.807, 2.05) is 0 Å². The van der Waals surface area contributed by atoms with E-state index in [2.05, 4.69) is 9.80 Å². The van der Waals surface area contributed by atoms with E-state index >= 15 is 0 Å². The summed E-state index contributed by atoms with van der Waals surface area (Å²) in [5.74, 6) is 3.94. The van der Waals surface area contributed by atoms with Gasteiger partial charge in [0.15, 0.2) is 0 Å². The lowest BCUT2D eigenvalue weighted by Crippen LogP contribution is -2.64. The molecule has 4 bridgehead atoms. The summed E-state index contributed by atoms with van der Waals surface area (Å²) >= 11 is 0. The minimum absolute atomic E-state index is 0.381. The summed E-state index contributed by atoms with van der Waals surface area (Å²) in [5.41, 5.74) is 0.542. The van der Waals surface area contributed by atoms with E-state index < -0.39 is 0 Å². The maximum Gasteiger partial charge on any atom is 0.225 e. The Morgan fingerprint density at radius 3 is 1.82 bits per heavy atom. The Hall–Kier alpha value is -0.570. The largest absolute Gasteiger partial charge is 0.340 e. The van der Waals surface area contributed by atoms with Gasteiger partial charge in [-0.15, -0.1) is 0 Å². The highest BCUT2D eigenvalue weighted by atomic mass is 16.2. The van der Waals surface area contributed by atoms with Gasteiger partial charge in [-0.2, -0.15) is 0 Å². The molecule has 5 saturated carbocycles. The van der Waals surface area contributed by atoms with Crippen molar-refractivity contribution in [3.05, 3.63) is 0 Å². The molecule has 122 valence electrons. The van der Waals surface area contributed by atoms with Gasteiger partial charge in [0.2, 0.25) is 5.91 Å². The Morgan fingerprint density at radius 2 is 1.36 bits per heavy atom. The molecule has 0 N–H and O–H groups in total. The first kappa shape index (κ1) is 13.8. The molecule has 3 heteroatoms. The molecule has 5 aliphatic carbocycles. The van der Waals surface area contributed by atoms with Gasteiger partial charge in [0.05, 0.1) is 0 Å². The van der Waals surface area contributed by atoms with Crippen LogP contribution in [0.15, 0.2) is 0 Å². The molecule has 6 fully saturated rings. The zero-order valence-corrected chi connectivity index (χ0v) is 13.8. The highest BCUT2D eigenvalue weighted by Crippen LogP contribution is 2.57. The quantitative estimate of drug-likeness (QED) is 0.783. The molecule has 1 saturated heterocycles. The van der Waals surface area contributed by atoms with Gasteiger partial charge in [-0.1, -0.05) is 6.42 Å². The summed E-state index contributed by atoms with van der Waals surface area (Å²) in [5, 5.41) is 0. The summed E-state index contributed by atoms with van der Waals surface area (Å²) in [7, 11) is 0. The second-order valence-corrected chi connectivity index (χ2v) is 9.08. The van der Waals surface area contributed by atoms with Crippen LogP contribution in [0.4, 0.5) is 0 Å². The van der Waals surface area contributed by atoms with Gasteiger partial charge < -0.3 is 4.90 Å². The average molecular weight is 302 g/mol. The molecule has 0 aromatic carbocycles. The fraction of sp³-hybridized carbons (Fsp3) is 0.947. The van der Waals surface area contributed by atoms with Crippen molar-refractivity contribution in [1.29, 1.82) is 0 Å². The van der Waals surface area contributed by atoms with Crippen LogP contribution < -0.4 is 0 Å². The van der Waals surface area contributed by atoms with E-state index in [-0.39, 0.29) is 0 Å². The molecule has 3 nitrogen and oxygen atoms in total. The summed E-state index contributed by atoms with van der Waals surface area (Å²) in [6.45, 7) is 4.28. The highest BCUT2D eigenvalue weighted by molar-refractivity contribution is 5.79. The van der Waals surface area contributed by atoms with Crippen molar-refractivity contribution < 1.29 is 4.79 Å². The van der Waals surface area contributed by atoms with E-state index in [1.165, 1.54) is 44.9 Å². The van der Waals surface area contributed by atoms with Crippen LogP contribution in [0.1, 0.15) is 57.8 Å². The van der Waals surface area contributed by atoms with Gasteiger partial charge in [0, 0.05) is 37.6 Å². The molecule has 1 aliphatic heterocycles. The molecular formula is C19H30N2O. The molecule has 0 radical (unpaired) electrons. The van der Waals surface area contributed by atoms with Crippen molar-refractivity contribution in [3.63, 3.8) is 0 Å². The molecule has 6 rings (SSSR count). The number of hydrogen-bond donors (Lipinski definition) is 0. The number of amides is 1. The van der Waals surface area contributed by atoms with Crippen LogP contribution >= 0.6 is 0 Å². The Morgan fingerprint density at radius 1 is 0.818 bits per heavy atom. The van der Waals surface area contributed by atoms with Crippen LogP contribution in [0, 0.1) is 23.7 Å². The van der Waals surface area contributed by atoms with E-state index in [9.17, 15) is 4.79 Å². The highest BCUT2D eigenvalue weighted by Gasteiger charge is 2.53. The Labute approximate surface area is 134 Å². The minimum Gasteiger partial charge on any atom is -0.340 e. The van der Waals surface area contributed by atoms with Crippen molar-refractivity contribution in [3.8, 4) is 0 Å². The van der Waals surface area contributed by atoms with Crippen LogP contribution in [-0.4, -0.2) is 47.4 Å². The first-order valence-electron chi connectivity index (χ1n) is 9.76. The molecule has 0 spiro atoms. The predicted molar refractivity (Wildman–Crippen MR) is 86.4 cm³/mol. The van der Waals surface area contributed by atoms with Crippen LogP contribution in [0.25, 0.3) is 0 Å². The molecule has 1 heterocycles. The summed E-state index contributed by atoms with van der Waals surface area (Å²) in [6, 6.07) is 0. The van der Waals surface area contributed by atoms with Gasteiger partial charge in [-0.3, -0.25) is 9.69 Å². The number of rotatable bonds is 2. The molecule has 22 heavy (non-hydrogen) atoms. The second kappa shape index (κ2) is 4.96. The zero-order valence-electron chi connectivity index (χ0n) is 13.8. The number of piperazine rings is 1. The normalized spacial score (nSPS) is 45.1. The van der Waals surface area contributed by atoms with Crippen molar-refractivity contribution in [2.75, 3.05) is 26.2 Å². The minimum atomic E-state index is 0.381. The molecule has 6 aliphatic rings. The summed E-state index contributed by atoms with van der Waals surface area (Å²) < 4.78 is 0. The van der Waals surface area contributed by atoms with Crippen LogP contribution in [-0.2, 0) is 4.79 Å². The van der Waals surface area contributed by atoms with Crippen LogP contribution in [0.3, 0.4) is 0 Å². The monoisotopic (exact) mass is 302 g/mol. The molecule has 0 atom stereocenters. The van der Waals surface area contributed by atoms with E-state index in [1.54, 1.807) is 0 Å². The molecule has 1 amide bonds. The second-order valence-electron chi connectivity index (χ2n) is 9.08. The molecule has 0 aromatic rings. The standard InChI is InChI=1S/C19H30N2O/c22-18(17-2-1-3-17)20-4-6-21(7-5-20)19-11-14-8-15(12-19)10-16(9-14)13-19/h14-17H,1-13H2. The van der Waals surface area contributed by atoms with Crippen molar-refractivity contribution in [2.45, 2.75) is 63.3 Å². The molecule has 0 aromatic heterocycles. The Bertz CT molecular complexity index is 427. The Balaban J connectivity index is 1.25. The number of carbonyl (C=O) groups excluding carboxylic acids is 1. The van der Waals surface area contributed by atoms with E-state index in [0.717, 1.165) is 56.8 Å². The average Bonchev–Trinajstić information content (AvgIpc) is 2.44. The fourth-order valence-corrected chi connectivity index (χ4v) is 6.77.